The van der Waals surface area contributed by atoms with Gasteiger partial charge in [0.05, 0.1) is 0 Å². The van der Waals surface area contributed by atoms with Crippen LogP contribution in [0.1, 0.15) is 38.7 Å². The Hall–Kier alpha value is -1.55. The maximum Gasteiger partial charge on any atom is 0.193 e. The van der Waals surface area contributed by atoms with Gasteiger partial charge in [-0.1, -0.05) is 26.0 Å². The average Bonchev–Trinajstić information content (AvgIpc) is 2.52. The van der Waals surface area contributed by atoms with Gasteiger partial charge in [0.1, 0.15) is 0 Å². The molecule has 0 aliphatic carbocycles. The molecular weight excluding hydrogens is 272 g/mol. The van der Waals surface area contributed by atoms with Gasteiger partial charge in [-0.15, -0.1) is 0 Å². The van der Waals surface area contributed by atoms with Crippen molar-refractivity contribution in [1.82, 2.24) is 4.90 Å². The minimum atomic E-state index is 0.510. The van der Waals surface area contributed by atoms with E-state index in [0.717, 1.165) is 37.5 Å². The summed E-state index contributed by atoms with van der Waals surface area (Å²) in [4.78, 5) is 6.97. The number of hydrogen-bond acceptors (Lipinski definition) is 2. The van der Waals surface area contributed by atoms with Gasteiger partial charge in [0, 0.05) is 18.8 Å². The fraction of sp³-hybridized carbons (Fsp3) is 0.611. The topological polar surface area (TPSA) is 53.6 Å². The summed E-state index contributed by atoms with van der Waals surface area (Å²) in [6.07, 6.45) is 4.84. The van der Waals surface area contributed by atoms with Crippen molar-refractivity contribution in [2.24, 2.45) is 16.6 Å². The van der Waals surface area contributed by atoms with E-state index in [2.05, 4.69) is 53.3 Å². The highest BCUT2D eigenvalue weighted by Crippen LogP contribution is 2.15. The Bertz CT molecular complexity index is 466. The second-order valence-corrected chi connectivity index (χ2v) is 6.34. The Morgan fingerprint density at radius 1 is 1.36 bits per heavy atom. The molecule has 1 aromatic rings. The maximum absolute atomic E-state index is 5.94. The van der Waals surface area contributed by atoms with Crippen LogP contribution in [0.2, 0.25) is 0 Å². The molecule has 1 aromatic carbocycles. The first kappa shape index (κ1) is 16.8. The van der Waals surface area contributed by atoms with Crippen LogP contribution in [-0.4, -0.2) is 37.0 Å². The zero-order valence-electron chi connectivity index (χ0n) is 14.0. The number of benzene rings is 1. The SMILES string of the molecule is CCc1ccc(NC(N)=NCCCN2CCCC(C)C2)cc1. The molecule has 0 bridgehead atoms. The summed E-state index contributed by atoms with van der Waals surface area (Å²) in [6, 6.07) is 8.34. The Morgan fingerprint density at radius 2 is 2.14 bits per heavy atom. The third kappa shape index (κ3) is 5.68. The Balaban J connectivity index is 1.68. The molecule has 1 unspecified atom stereocenters. The first-order valence-corrected chi connectivity index (χ1v) is 8.55. The Labute approximate surface area is 134 Å². The molecule has 1 atom stereocenters. The normalized spacial score (nSPS) is 20.1. The third-order valence-corrected chi connectivity index (χ3v) is 4.29. The highest BCUT2D eigenvalue weighted by Gasteiger charge is 2.15. The number of hydrogen-bond donors (Lipinski definition) is 2. The summed E-state index contributed by atoms with van der Waals surface area (Å²) in [5.41, 5.74) is 8.28. The van der Waals surface area contributed by atoms with Crippen molar-refractivity contribution in [2.75, 3.05) is 31.5 Å². The van der Waals surface area contributed by atoms with Gasteiger partial charge in [-0.05, 0) is 62.4 Å². The second kappa shape index (κ2) is 8.79. The van der Waals surface area contributed by atoms with Gasteiger partial charge >= 0.3 is 0 Å². The van der Waals surface area contributed by atoms with Crippen molar-refractivity contribution in [1.29, 1.82) is 0 Å². The van der Waals surface area contributed by atoms with E-state index < -0.39 is 0 Å². The van der Waals surface area contributed by atoms with E-state index in [9.17, 15) is 0 Å². The smallest absolute Gasteiger partial charge is 0.193 e. The fourth-order valence-electron chi connectivity index (χ4n) is 2.99. The molecule has 3 N–H and O–H groups in total. The van der Waals surface area contributed by atoms with E-state index in [-0.39, 0.29) is 0 Å². The maximum atomic E-state index is 5.94. The minimum Gasteiger partial charge on any atom is -0.370 e. The molecule has 0 radical (unpaired) electrons. The molecule has 1 fully saturated rings. The van der Waals surface area contributed by atoms with Gasteiger partial charge in [-0.3, -0.25) is 4.99 Å². The first-order valence-electron chi connectivity index (χ1n) is 8.55. The molecular formula is C18H30N4. The summed E-state index contributed by atoms with van der Waals surface area (Å²) in [5, 5.41) is 3.15. The van der Waals surface area contributed by atoms with E-state index in [0.29, 0.717) is 5.96 Å². The zero-order chi connectivity index (χ0) is 15.8. The van der Waals surface area contributed by atoms with Crippen LogP contribution < -0.4 is 11.1 Å². The summed E-state index contributed by atoms with van der Waals surface area (Å²) >= 11 is 0. The number of likely N-dealkylation sites (tertiary alicyclic amines) is 1. The molecule has 122 valence electrons. The van der Waals surface area contributed by atoms with E-state index in [1.807, 2.05) is 0 Å². The molecule has 1 heterocycles. The lowest BCUT2D eigenvalue weighted by Crippen LogP contribution is -2.35. The lowest BCUT2D eigenvalue weighted by atomic mass is 10.0. The van der Waals surface area contributed by atoms with Crippen LogP contribution in [0.25, 0.3) is 0 Å². The highest BCUT2D eigenvalue weighted by molar-refractivity contribution is 5.92. The Kier molecular flexibility index (Phi) is 6.72. The van der Waals surface area contributed by atoms with Crippen molar-refractivity contribution in [2.45, 2.75) is 39.5 Å². The van der Waals surface area contributed by atoms with Crippen molar-refractivity contribution in [3.63, 3.8) is 0 Å². The van der Waals surface area contributed by atoms with Crippen LogP contribution in [-0.2, 0) is 6.42 Å². The summed E-state index contributed by atoms with van der Waals surface area (Å²) in [7, 11) is 0. The molecule has 1 aliphatic rings. The van der Waals surface area contributed by atoms with Crippen LogP contribution in [0, 0.1) is 5.92 Å². The molecule has 4 nitrogen and oxygen atoms in total. The number of rotatable bonds is 6. The minimum absolute atomic E-state index is 0.510. The molecule has 1 saturated heterocycles. The van der Waals surface area contributed by atoms with Gasteiger partial charge in [-0.2, -0.15) is 0 Å². The van der Waals surface area contributed by atoms with Crippen molar-refractivity contribution >= 4 is 11.6 Å². The molecule has 2 rings (SSSR count). The molecule has 0 aromatic heterocycles. The standard InChI is InChI=1S/C18H30N4/c1-3-16-7-9-17(10-8-16)21-18(19)20-11-5-13-22-12-4-6-15(2)14-22/h7-10,15H,3-6,11-14H2,1-2H3,(H3,19,20,21). The van der Waals surface area contributed by atoms with Crippen LogP contribution in [0.3, 0.4) is 0 Å². The summed E-state index contributed by atoms with van der Waals surface area (Å²) < 4.78 is 0. The number of anilines is 1. The zero-order valence-corrected chi connectivity index (χ0v) is 14.0. The van der Waals surface area contributed by atoms with Gasteiger partial charge in [0.25, 0.3) is 0 Å². The lowest BCUT2D eigenvalue weighted by Gasteiger charge is -2.30. The molecule has 1 aliphatic heterocycles. The summed E-state index contributed by atoms with van der Waals surface area (Å²) in [6.45, 7) is 8.90. The number of nitrogens with zero attached hydrogens (tertiary/aromatic N) is 2. The quantitative estimate of drug-likeness (QED) is 0.482. The number of guanidine groups is 1. The molecule has 22 heavy (non-hydrogen) atoms. The van der Waals surface area contributed by atoms with Gasteiger partial charge < -0.3 is 16.0 Å². The van der Waals surface area contributed by atoms with Gasteiger partial charge in [-0.25, -0.2) is 0 Å². The van der Waals surface area contributed by atoms with Gasteiger partial charge in [0.15, 0.2) is 5.96 Å². The number of aryl methyl sites for hydroxylation is 1. The Morgan fingerprint density at radius 3 is 2.82 bits per heavy atom. The second-order valence-electron chi connectivity index (χ2n) is 6.34. The van der Waals surface area contributed by atoms with Crippen LogP contribution in [0.5, 0.6) is 0 Å². The number of nitrogens with one attached hydrogen (secondary N) is 1. The van der Waals surface area contributed by atoms with E-state index in [1.54, 1.807) is 0 Å². The predicted molar refractivity (Wildman–Crippen MR) is 95.4 cm³/mol. The number of piperidine rings is 1. The molecule has 0 saturated carbocycles. The van der Waals surface area contributed by atoms with Gasteiger partial charge in [0.2, 0.25) is 0 Å². The van der Waals surface area contributed by atoms with Crippen LogP contribution in [0.15, 0.2) is 29.3 Å². The molecule has 0 amide bonds. The largest absolute Gasteiger partial charge is 0.370 e. The first-order chi connectivity index (χ1) is 10.7. The average molecular weight is 302 g/mol. The predicted octanol–water partition coefficient (Wildman–Crippen LogP) is 3.10. The lowest BCUT2D eigenvalue weighted by molar-refractivity contribution is 0.183. The van der Waals surface area contributed by atoms with E-state index in [4.69, 9.17) is 5.73 Å². The monoisotopic (exact) mass is 302 g/mol. The van der Waals surface area contributed by atoms with Crippen LogP contribution >= 0.6 is 0 Å². The van der Waals surface area contributed by atoms with E-state index in [1.165, 1.54) is 31.5 Å². The van der Waals surface area contributed by atoms with Crippen molar-refractivity contribution in [3.8, 4) is 0 Å². The molecule has 4 heteroatoms. The highest BCUT2D eigenvalue weighted by atomic mass is 15.1. The van der Waals surface area contributed by atoms with Crippen LogP contribution in [0.4, 0.5) is 5.69 Å². The third-order valence-electron chi connectivity index (χ3n) is 4.29. The summed E-state index contributed by atoms with van der Waals surface area (Å²) in [5.74, 6) is 1.35. The van der Waals surface area contributed by atoms with Crippen molar-refractivity contribution < 1.29 is 0 Å². The van der Waals surface area contributed by atoms with Crippen molar-refractivity contribution in [3.05, 3.63) is 29.8 Å². The number of aliphatic imine (C=N–C) groups is 1. The van der Waals surface area contributed by atoms with E-state index >= 15 is 0 Å². The number of nitrogens with two attached hydrogens (primary N) is 1. The molecule has 0 spiro atoms. The fourth-order valence-corrected chi connectivity index (χ4v) is 2.99.